The van der Waals surface area contributed by atoms with Gasteiger partial charge in [-0.15, -0.1) is 0 Å². The van der Waals surface area contributed by atoms with Crippen LogP contribution in [0.25, 0.3) is 0 Å². The molecule has 0 saturated carbocycles. The first-order chi connectivity index (χ1) is 3.41. The topological polar surface area (TPSA) is 126 Å². The minimum Gasteiger partial charge on any atom is -0.822 e. The molecule has 0 N–H and O–H groups in total. The molecule has 0 aliphatic carbocycles. The third-order valence-electron chi connectivity index (χ3n) is 0. The summed E-state index contributed by atoms with van der Waals surface area (Å²) in [5, 5.41) is 0. The average molecular weight is 217 g/mol. The van der Waals surface area contributed by atoms with Gasteiger partial charge in [-0.05, 0) is 0 Å². The Balaban J connectivity index is -0.0000000800. The molecule has 9 heteroatoms. The fourth-order valence-corrected chi connectivity index (χ4v) is 0. The van der Waals surface area contributed by atoms with E-state index in [-0.39, 0.29) is 16.8 Å². The van der Waals surface area contributed by atoms with Gasteiger partial charge in [0.1, 0.15) is 0 Å². The molecule has 0 aromatic heterocycles. The van der Waals surface area contributed by atoms with Crippen LogP contribution in [0, 0.1) is 0 Å². The molecular weight excluding hydrogens is 217 g/mol. The molecule has 0 heterocycles. The first-order valence-electron chi connectivity index (χ1n) is 1.10. The van der Waals surface area contributed by atoms with E-state index in [0.717, 1.165) is 0 Å². The molecule has 0 fully saturated rings. The van der Waals surface area contributed by atoms with E-state index in [1.54, 1.807) is 0 Å². The molecule has 55 valence electrons. The zero-order valence-electron chi connectivity index (χ0n) is 3.68. The van der Waals surface area contributed by atoms with Gasteiger partial charge in [-0.2, -0.15) is 7.82 Å². The Morgan fingerprint density at radius 3 is 1.22 bits per heavy atom. The van der Waals surface area contributed by atoms with Gasteiger partial charge in [-0.3, -0.25) is 4.57 Å². The van der Waals surface area contributed by atoms with Crippen molar-refractivity contribution in [2.24, 2.45) is 0 Å². The van der Waals surface area contributed by atoms with E-state index in [1.165, 1.54) is 0 Å². The SMILES string of the molecule is O=P([O-])([O-])[O-].O=P[O-].[Co+4]. The molecule has 0 aliphatic rings. The van der Waals surface area contributed by atoms with Crippen LogP contribution in [-0.2, 0) is 25.9 Å². The molecule has 9 heavy (non-hydrogen) atoms. The van der Waals surface area contributed by atoms with Crippen molar-refractivity contribution >= 4 is 16.5 Å². The predicted octanol–water partition coefficient (Wildman–Crippen LogP) is -3.27. The first kappa shape index (κ1) is 16.3. The summed E-state index contributed by atoms with van der Waals surface area (Å²) in [4.78, 5) is 34.0. The fraction of sp³-hybridized carbons (Fsp3) is 0. The van der Waals surface area contributed by atoms with Crippen LogP contribution in [0.1, 0.15) is 0 Å². The van der Waals surface area contributed by atoms with E-state index < -0.39 is 16.5 Å². The van der Waals surface area contributed by atoms with Crippen molar-refractivity contribution in [3.63, 3.8) is 0 Å². The van der Waals surface area contributed by atoms with Gasteiger partial charge in [0.15, 0.2) is 0 Å². The molecule has 0 unspecified atom stereocenters. The van der Waals surface area contributed by atoms with Gasteiger partial charge in [-0.25, -0.2) is 0 Å². The maximum Gasteiger partial charge on any atom is 4.00 e. The number of phosphoric acid groups is 1. The Kier molecular flexibility index (Phi) is 15.8. The molecule has 0 saturated heterocycles. The van der Waals surface area contributed by atoms with Crippen LogP contribution < -0.4 is 19.6 Å². The van der Waals surface area contributed by atoms with Crippen molar-refractivity contribution in [3.05, 3.63) is 0 Å². The van der Waals surface area contributed by atoms with E-state index in [1.807, 2.05) is 0 Å². The van der Waals surface area contributed by atoms with Gasteiger partial charge in [0.25, 0.3) is 0 Å². The first-order valence-corrected chi connectivity index (χ1v) is 3.29. The van der Waals surface area contributed by atoms with Crippen LogP contribution in [0.15, 0.2) is 0 Å². The summed E-state index contributed by atoms with van der Waals surface area (Å²) >= 11 is 0. The average Bonchev–Trinajstić information content (AvgIpc) is 1.27. The van der Waals surface area contributed by atoms with Crippen molar-refractivity contribution < 1.29 is 45.5 Å². The van der Waals surface area contributed by atoms with Crippen molar-refractivity contribution in [3.8, 4) is 0 Å². The summed E-state index contributed by atoms with van der Waals surface area (Å²) < 4.78 is 16.9. The van der Waals surface area contributed by atoms with Crippen LogP contribution >= 0.6 is 16.5 Å². The van der Waals surface area contributed by atoms with E-state index in [4.69, 9.17) is 28.7 Å². The summed E-state index contributed by atoms with van der Waals surface area (Å²) in [5.41, 5.74) is 0. The molecular formula is CoO6P2. The van der Waals surface area contributed by atoms with Gasteiger partial charge in [0, 0.05) is 0 Å². The molecule has 1 radical (unpaired) electrons. The Morgan fingerprint density at radius 1 is 1.22 bits per heavy atom. The third kappa shape index (κ3) is 845. The number of hydrogen-bond acceptors (Lipinski definition) is 6. The van der Waals surface area contributed by atoms with Crippen LogP contribution in [0.4, 0.5) is 0 Å². The third-order valence-corrected chi connectivity index (χ3v) is 0. The van der Waals surface area contributed by atoms with Crippen molar-refractivity contribution in [2.45, 2.75) is 0 Å². The second-order valence-corrected chi connectivity index (χ2v) is 1.57. The van der Waals surface area contributed by atoms with Gasteiger partial charge < -0.3 is 24.1 Å². The van der Waals surface area contributed by atoms with Crippen LogP contribution in [0.5, 0.6) is 0 Å². The second-order valence-electron chi connectivity index (χ2n) is 0.522. The Labute approximate surface area is 62.6 Å². The summed E-state index contributed by atoms with van der Waals surface area (Å²) in [6.07, 6.45) is 0. The van der Waals surface area contributed by atoms with Gasteiger partial charge in [0.05, 0.1) is 8.69 Å². The van der Waals surface area contributed by atoms with E-state index in [9.17, 15) is 0 Å². The Morgan fingerprint density at radius 2 is 1.22 bits per heavy atom. The Hall–Kier alpha value is 0.676. The van der Waals surface area contributed by atoms with E-state index in [0.29, 0.717) is 0 Å². The summed E-state index contributed by atoms with van der Waals surface area (Å²) in [6.45, 7) is 0. The largest absolute Gasteiger partial charge is 4.00 e. The van der Waals surface area contributed by atoms with Gasteiger partial charge in [0.2, 0.25) is 0 Å². The minimum absolute atomic E-state index is 0. The summed E-state index contributed by atoms with van der Waals surface area (Å²) in [6, 6.07) is 0. The zero-order chi connectivity index (χ0) is 7.21. The van der Waals surface area contributed by atoms with Gasteiger partial charge >= 0.3 is 16.8 Å². The molecule has 6 nitrogen and oxygen atoms in total. The predicted molar refractivity (Wildman–Crippen MR) is 15.2 cm³/mol. The Bertz CT molecular complexity index is 85.0. The molecule has 0 atom stereocenters. The minimum atomic E-state index is -5.39. The van der Waals surface area contributed by atoms with Crippen LogP contribution in [-0.4, -0.2) is 0 Å². The molecule has 0 bridgehead atoms. The number of hydrogen-bond donors (Lipinski definition) is 0. The maximum atomic E-state index is 8.55. The van der Waals surface area contributed by atoms with Crippen LogP contribution in [0.3, 0.4) is 0 Å². The van der Waals surface area contributed by atoms with Crippen molar-refractivity contribution in [2.75, 3.05) is 0 Å². The maximum absolute atomic E-state index is 8.55. The fourth-order valence-electron chi connectivity index (χ4n) is 0. The van der Waals surface area contributed by atoms with E-state index >= 15 is 0 Å². The summed E-state index contributed by atoms with van der Waals surface area (Å²) in [5.74, 6) is 0. The second kappa shape index (κ2) is 8.68. The molecule has 0 aromatic rings. The monoisotopic (exact) mass is 217 g/mol. The van der Waals surface area contributed by atoms with Gasteiger partial charge in [-0.1, -0.05) is 0 Å². The van der Waals surface area contributed by atoms with E-state index in [2.05, 4.69) is 0 Å². The molecule has 0 aliphatic heterocycles. The zero-order valence-corrected chi connectivity index (χ0v) is 6.51. The molecule has 0 amide bonds. The quantitative estimate of drug-likeness (QED) is 0.391. The van der Waals surface area contributed by atoms with Crippen molar-refractivity contribution in [1.82, 2.24) is 0 Å². The molecule has 0 aromatic carbocycles. The standard InChI is InChI=1S/Co.H3O4P.HO2P/c;1-5(2,3)4;1-3-2/h;(H3,1,2,3,4);(H,1,2)/q+4;;/p-4. The van der Waals surface area contributed by atoms with Crippen LogP contribution in [0.2, 0.25) is 0 Å². The number of rotatable bonds is 0. The normalized spacial score (nSPS) is 8.89. The summed E-state index contributed by atoms with van der Waals surface area (Å²) in [7, 11) is -6.47. The molecule has 0 rings (SSSR count). The molecule has 0 spiro atoms. The smallest absolute Gasteiger partial charge is 0.822 e. The van der Waals surface area contributed by atoms with Crippen molar-refractivity contribution in [1.29, 1.82) is 0 Å².